The van der Waals surface area contributed by atoms with Gasteiger partial charge in [-0.05, 0) is 31.4 Å². The fraction of sp³-hybridized carbons (Fsp3) is 0.857. The molecule has 2 unspecified atom stereocenters. The summed E-state index contributed by atoms with van der Waals surface area (Å²) in [4.78, 5) is 13.0. The number of rotatable bonds is 5. The van der Waals surface area contributed by atoms with Crippen LogP contribution in [0.3, 0.4) is 0 Å². The SMILES string of the molecule is CCSC1CCCC1NC(=O)C1(C(N)=S)CCOCC1. The minimum absolute atomic E-state index is 0.0157. The summed E-state index contributed by atoms with van der Waals surface area (Å²) in [5.74, 6) is 1.10. The average Bonchev–Trinajstić information content (AvgIpc) is 2.87. The normalized spacial score (nSPS) is 29.1. The van der Waals surface area contributed by atoms with E-state index in [9.17, 15) is 4.79 Å². The van der Waals surface area contributed by atoms with Crippen molar-refractivity contribution in [3.05, 3.63) is 0 Å². The Labute approximate surface area is 130 Å². The Morgan fingerprint density at radius 2 is 2.15 bits per heavy atom. The molecule has 0 spiro atoms. The number of ether oxygens (including phenoxy) is 1. The molecule has 2 rings (SSSR count). The molecule has 2 fully saturated rings. The van der Waals surface area contributed by atoms with E-state index in [0.29, 0.717) is 36.3 Å². The maximum absolute atomic E-state index is 12.7. The standard InChI is InChI=1S/C14H24N2O2S2/c1-2-20-11-5-3-4-10(11)16-13(17)14(12(15)19)6-8-18-9-7-14/h10-11H,2-9H2,1H3,(H2,15,19)(H,16,17). The second kappa shape index (κ2) is 7.09. The van der Waals surface area contributed by atoms with Crippen LogP contribution in [0.2, 0.25) is 0 Å². The van der Waals surface area contributed by atoms with Crippen molar-refractivity contribution in [2.75, 3.05) is 19.0 Å². The summed E-state index contributed by atoms with van der Waals surface area (Å²) in [5.41, 5.74) is 5.18. The number of carbonyl (C=O) groups excluding carboxylic acids is 1. The van der Waals surface area contributed by atoms with Gasteiger partial charge in [0.2, 0.25) is 5.91 Å². The summed E-state index contributed by atoms with van der Waals surface area (Å²) in [6.45, 7) is 3.28. The topological polar surface area (TPSA) is 64.4 Å². The van der Waals surface area contributed by atoms with Gasteiger partial charge in [-0.1, -0.05) is 25.6 Å². The van der Waals surface area contributed by atoms with E-state index in [4.69, 9.17) is 22.7 Å². The minimum atomic E-state index is -0.697. The van der Waals surface area contributed by atoms with Crippen molar-refractivity contribution in [3.8, 4) is 0 Å². The molecule has 0 bridgehead atoms. The van der Waals surface area contributed by atoms with Crippen LogP contribution in [0, 0.1) is 5.41 Å². The lowest BCUT2D eigenvalue weighted by Crippen LogP contribution is -2.54. The van der Waals surface area contributed by atoms with Crippen molar-refractivity contribution in [1.82, 2.24) is 5.32 Å². The Balaban J connectivity index is 2.03. The van der Waals surface area contributed by atoms with E-state index >= 15 is 0 Å². The first-order chi connectivity index (χ1) is 9.60. The second-order valence-corrected chi connectivity index (χ2v) is 7.52. The number of nitrogens with one attached hydrogen (secondary N) is 1. The molecule has 2 aliphatic rings. The van der Waals surface area contributed by atoms with Crippen LogP contribution in [0.5, 0.6) is 0 Å². The number of hydrogen-bond donors (Lipinski definition) is 2. The molecule has 0 radical (unpaired) electrons. The molecular formula is C14H24N2O2S2. The summed E-state index contributed by atoms with van der Waals surface area (Å²) in [6, 6.07) is 0.265. The zero-order chi connectivity index (χ0) is 14.6. The average molecular weight is 316 g/mol. The first-order valence-corrected chi connectivity index (χ1v) is 8.86. The molecule has 4 nitrogen and oxygen atoms in total. The molecule has 1 aliphatic heterocycles. The highest BCUT2D eigenvalue weighted by Gasteiger charge is 2.44. The third-order valence-corrected chi connectivity index (χ3v) is 6.12. The number of hydrogen-bond acceptors (Lipinski definition) is 4. The predicted molar refractivity (Wildman–Crippen MR) is 87.0 cm³/mol. The van der Waals surface area contributed by atoms with Gasteiger partial charge in [0.1, 0.15) is 5.41 Å². The lowest BCUT2D eigenvalue weighted by molar-refractivity contribution is -0.132. The molecule has 6 heteroatoms. The lowest BCUT2D eigenvalue weighted by atomic mass is 9.79. The van der Waals surface area contributed by atoms with Crippen LogP contribution < -0.4 is 11.1 Å². The van der Waals surface area contributed by atoms with Gasteiger partial charge in [0.15, 0.2) is 0 Å². The molecule has 1 saturated heterocycles. The number of carbonyl (C=O) groups is 1. The third-order valence-electron chi connectivity index (χ3n) is 4.40. The van der Waals surface area contributed by atoms with E-state index in [2.05, 4.69) is 12.2 Å². The molecule has 1 amide bonds. The second-order valence-electron chi connectivity index (χ2n) is 5.56. The third kappa shape index (κ3) is 3.28. The molecule has 1 heterocycles. The van der Waals surface area contributed by atoms with E-state index in [1.807, 2.05) is 11.8 Å². The maximum Gasteiger partial charge on any atom is 0.233 e. The van der Waals surface area contributed by atoms with Crippen LogP contribution in [-0.2, 0) is 9.53 Å². The van der Waals surface area contributed by atoms with E-state index in [0.717, 1.165) is 12.2 Å². The van der Waals surface area contributed by atoms with Gasteiger partial charge >= 0.3 is 0 Å². The van der Waals surface area contributed by atoms with Crippen molar-refractivity contribution >= 4 is 34.9 Å². The number of nitrogens with two attached hydrogens (primary N) is 1. The van der Waals surface area contributed by atoms with Gasteiger partial charge in [0.05, 0.1) is 4.99 Å². The Kier molecular flexibility index (Phi) is 5.69. The summed E-state index contributed by atoms with van der Waals surface area (Å²) >= 11 is 7.12. The smallest absolute Gasteiger partial charge is 0.233 e. The van der Waals surface area contributed by atoms with Crippen LogP contribution in [0.25, 0.3) is 0 Å². The monoisotopic (exact) mass is 316 g/mol. The minimum Gasteiger partial charge on any atom is -0.392 e. The molecular weight excluding hydrogens is 292 g/mol. The molecule has 3 N–H and O–H groups in total. The van der Waals surface area contributed by atoms with Gasteiger partial charge in [-0.25, -0.2) is 0 Å². The highest BCUT2D eigenvalue weighted by atomic mass is 32.2. The van der Waals surface area contributed by atoms with Crippen LogP contribution in [0.1, 0.15) is 39.0 Å². The van der Waals surface area contributed by atoms with Gasteiger partial charge in [0, 0.05) is 24.5 Å². The Morgan fingerprint density at radius 1 is 1.45 bits per heavy atom. The maximum atomic E-state index is 12.7. The molecule has 114 valence electrons. The lowest BCUT2D eigenvalue weighted by Gasteiger charge is -2.36. The Hall–Kier alpha value is -0.330. The molecule has 0 aromatic carbocycles. The van der Waals surface area contributed by atoms with Gasteiger partial charge in [-0.3, -0.25) is 4.79 Å². The first kappa shape index (κ1) is 16.0. The fourth-order valence-corrected chi connectivity index (χ4v) is 4.61. The van der Waals surface area contributed by atoms with Crippen molar-refractivity contribution < 1.29 is 9.53 Å². The van der Waals surface area contributed by atoms with E-state index in [1.165, 1.54) is 12.8 Å². The van der Waals surface area contributed by atoms with Crippen molar-refractivity contribution in [2.24, 2.45) is 11.1 Å². The number of thiocarbonyl (C=S) groups is 1. The molecule has 1 saturated carbocycles. The van der Waals surface area contributed by atoms with Crippen molar-refractivity contribution in [2.45, 2.75) is 50.3 Å². The first-order valence-electron chi connectivity index (χ1n) is 7.40. The quantitative estimate of drug-likeness (QED) is 0.758. The molecule has 2 atom stereocenters. The van der Waals surface area contributed by atoms with E-state index in [-0.39, 0.29) is 11.9 Å². The van der Waals surface area contributed by atoms with Crippen LogP contribution >= 0.6 is 24.0 Å². The molecule has 0 aromatic heterocycles. The van der Waals surface area contributed by atoms with Gasteiger partial charge in [-0.15, -0.1) is 0 Å². The summed E-state index contributed by atoms with van der Waals surface area (Å²) < 4.78 is 5.36. The molecule has 20 heavy (non-hydrogen) atoms. The zero-order valence-electron chi connectivity index (χ0n) is 12.0. The van der Waals surface area contributed by atoms with Gasteiger partial charge < -0.3 is 15.8 Å². The highest BCUT2D eigenvalue weighted by Crippen LogP contribution is 2.34. The van der Waals surface area contributed by atoms with Crippen LogP contribution in [0.4, 0.5) is 0 Å². The molecule has 0 aromatic rings. The Morgan fingerprint density at radius 3 is 2.75 bits per heavy atom. The van der Waals surface area contributed by atoms with Gasteiger partial charge in [0.25, 0.3) is 0 Å². The van der Waals surface area contributed by atoms with E-state index < -0.39 is 5.41 Å². The summed E-state index contributed by atoms with van der Waals surface area (Å²) in [5, 5.41) is 3.76. The number of thioether (sulfide) groups is 1. The van der Waals surface area contributed by atoms with Crippen LogP contribution in [0.15, 0.2) is 0 Å². The number of amides is 1. The largest absolute Gasteiger partial charge is 0.392 e. The highest BCUT2D eigenvalue weighted by molar-refractivity contribution is 7.99. The van der Waals surface area contributed by atoms with E-state index in [1.54, 1.807) is 0 Å². The fourth-order valence-electron chi connectivity index (χ4n) is 3.12. The summed E-state index contributed by atoms with van der Waals surface area (Å²) in [6.07, 6.45) is 4.64. The van der Waals surface area contributed by atoms with Crippen LogP contribution in [-0.4, -0.2) is 41.2 Å². The van der Waals surface area contributed by atoms with Crippen molar-refractivity contribution in [3.63, 3.8) is 0 Å². The summed E-state index contributed by atoms with van der Waals surface area (Å²) in [7, 11) is 0. The Bertz CT molecular complexity index is 370. The van der Waals surface area contributed by atoms with Crippen molar-refractivity contribution in [1.29, 1.82) is 0 Å². The zero-order valence-corrected chi connectivity index (χ0v) is 13.7. The van der Waals surface area contributed by atoms with Gasteiger partial charge in [-0.2, -0.15) is 11.8 Å². The predicted octanol–water partition coefficient (Wildman–Crippen LogP) is 1.86. The molecule has 1 aliphatic carbocycles.